The molecule has 1 atom stereocenters. The number of nitrogens with one attached hydrogen (secondary N) is 1. The highest BCUT2D eigenvalue weighted by molar-refractivity contribution is 5.92. The van der Waals surface area contributed by atoms with Crippen LogP contribution in [0, 0.1) is 5.82 Å². The molecule has 7 nitrogen and oxygen atoms in total. The Hall–Kier alpha value is -3.39. The first kappa shape index (κ1) is 20.9. The van der Waals surface area contributed by atoms with Crippen molar-refractivity contribution >= 4 is 29.5 Å². The summed E-state index contributed by atoms with van der Waals surface area (Å²) in [6, 6.07) is 14.2. The number of ether oxygens (including phenoxy) is 2. The molecule has 0 aromatic heterocycles. The van der Waals surface area contributed by atoms with Gasteiger partial charge < -0.3 is 19.7 Å². The quantitative estimate of drug-likeness (QED) is 0.721. The molecule has 2 aromatic carbocycles. The first-order valence-corrected chi connectivity index (χ1v) is 10.2. The van der Waals surface area contributed by atoms with Crippen molar-refractivity contribution in [3.05, 3.63) is 66.0 Å². The summed E-state index contributed by atoms with van der Waals surface area (Å²) in [6.45, 7) is 2.79. The molecule has 1 N–H and O–H groups in total. The molecule has 2 amide bonds. The number of nitrogens with zero attached hydrogens (tertiary/aromatic N) is 2. The maximum absolute atomic E-state index is 14.7. The van der Waals surface area contributed by atoms with Crippen LogP contribution in [0.5, 0.6) is 0 Å². The van der Waals surface area contributed by atoms with Crippen LogP contribution >= 0.6 is 0 Å². The molecule has 2 heterocycles. The zero-order valence-corrected chi connectivity index (χ0v) is 17.0. The normalized spacial score (nSPS) is 19.0. The van der Waals surface area contributed by atoms with Gasteiger partial charge in [0.15, 0.2) is 0 Å². The molecule has 0 saturated carbocycles. The fourth-order valence-corrected chi connectivity index (χ4v) is 3.57. The summed E-state index contributed by atoms with van der Waals surface area (Å²) in [5.41, 5.74) is 1.84. The molecule has 2 fully saturated rings. The lowest BCUT2D eigenvalue weighted by molar-refractivity contribution is -0.116. The summed E-state index contributed by atoms with van der Waals surface area (Å²) in [5, 5.41) is 2.73. The zero-order chi connectivity index (χ0) is 21.6. The van der Waals surface area contributed by atoms with Gasteiger partial charge in [-0.15, -0.1) is 0 Å². The Morgan fingerprint density at radius 3 is 2.68 bits per heavy atom. The number of cyclic esters (lactones) is 1. The Morgan fingerprint density at radius 2 is 1.94 bits per heavy atom. The van der Waals surface area contributed by atoms with Gasteiger partial charge in [-0.3, -0.25) is 9.69 Å². The number of hydrogen-bond donors (Lipinski definition) is 1. The second kappa shape index (κ2) is 9.61. The predicted octanol–water partition coefficient (Wildman–Crippen LogP) is 2.82. The lowest BCUT2D eigenvalue weighted by Gasteiger charge is -2.29. The van der Waals surface area contributed by atoms with Crippen molar-refractivity contribution < 1.29 is 23.5 Å². The molecule has 8 heteroatoms. The van der Waals surface area contributed by atoms with Crippen LogP contribution in [0.4, 0.5) is 20.6 Å². The molecule has 162 valence electrons. The first-order valence-electron chi connectivity index (χ1n) is 10.2. The van der Waals surface area contributed by atoms with Crippen LogP contribution in [-0.4, -0.2) is 57.5 Å². The third kappa shape index (κ3) is 5.21. The van der Waals surface area contributed by atoms with E-state index in [1.54, 1.807) is 18.2 Å². The van der Waals surface area contributed by atoms with Crippen molar-refractivity contribution in [2.45, 2.75) is 6.10 Å². The maximum atomic E-state index is 14.7. The average Bonchev–Trinajstić information content (AvgIpc) is 3.18. The summed E-state index contributed by atoms with van der Waals surface area (Å²) >= 11 is 0. The van der Waals surface area contributed by atoms with Crippen molar-refractivity contribution in [1.82, 2.24) is 5.32 Å². The Bertz CT molecular complexity index is 961. The first-order chi connectivity index (χ1) is 15.1. The summed E-state index contributed by atoms with van der Waals surface area (Å²) < 4.78 is 25.3. The number of carbonyl (C=O) groups excluding carboxylic acids is 2. The summed E-state index contributed by atoms with van der Waals surface area (Å²) in [6.07, 6.45) is 2.08. The minimum Gasteiger partial charge on any atom is -0.442 e. The van der Waals surface area contributed by atoms with Crippen LogP contribution in [0.2, 0.25) is 0 Å². The van der Waals surface area contributed by atoms with Crippen LogP contribution in [0.15, 0.2) is 54.6 Å². The Kier molecular flexibility index (Phi) is 6.47. The van der Waals surface area contributed by atoms with Gasteiger partial charge in [-0.1, -0.05) is 30.3 Å². The number of benzene rings is 2. The minimum absolute atomic E-state index is 0.175. The molecular formula is C23H24FN3O4. The van der Waals surface area contributed by atoms with E-state index in [9.17, 15) is 14.0 Å². The van der Waals surface area contributed by atoms with E-state index in [1.165, 1.54) is 17.0 Å². The SMILES string of the molecule is O=C(C=Cc1ccccc1)NCC1CN(c2ccc(N3CCOCC3)c(F)c2)C(=O)O1. The summed E-state index contributed by atoms with van der Waals surface area (Å²) in [7, 11) is 0. The molecule has 0 radical (unpaired) electrons. The van der Waals surface area contributed by atoms with E-state index in [0.29, 0.717) is 37.7 Å². The minimum atomic E-state index is -0.558. The lowest BCUT2D eigenvalue weighted by Crippen LogP contribution is -2.36. The summed E-state index contributed by atoms with van der Waals surface area (Å²) in [4.78, 5) is 27.6. The van der Waals surface area contributed by atoms with Crippen LogP contribution in [0.3, 0.4) is 0 Å². The molecule has 31 heavy (non-hydrogen) atoms. The highest BCUT2D eigenvalue weighted by Gasteiger charge is 2.33. The van der Waals surface area contributed by atoms with Crippen LogP contribution in [0.25, 0.3) is 6.08 Å². The molecule has 2 aromatic rings. The van der Waals surface area contributed by atoms with Gasteiger partial charge in [0.2, 0.25) is 5.91 Å². The Balaban J connectivity index is 1.32. The van der Waals surface area contributed by atoms with E-state index in [4.69, 9.17) is 9.47 Å². The summed E-state index contributed by atoms with van der Waals surface area (Å²) in [5.74, 6) is -0.672. The molecule has 2 aliphatic rings. The second-order valence-electron chi connectivity index (χ2n) is 7.34. The van der Waals surface area contributed by atoms with Gasteiger partial charge in [0.25, 0.3) is 0 Å². The van der Waals surface area contributed by atoms with Crippen molar-refractivity contribution in [3.63, 3.8) is 0 Å². The predicted molar refractivity (Wildman–Crippen MR) is 116 cm³/mol. The van der Waals surface area contributed by atoms with Gasteiger partial charge in [0, 0.05) is 19.2 Å². The van der Waals surface area contributed by atoms with E-state index in [1.807, 2.05) is 35.2 Å². The molecule has 0 bridgehead atoms. The highest BCUT2D eigenvalue weighted by Crippen LogP contribution is 2.28. The molecular weight excluding hydrogens is 401 g/mol. The van der Waals surface area contributed by atoms with E-state index in [2.05, 4.69) is 5.32 Å². The van der Waals surface area contributed by atoms with Crippen molar-refractivity contribution in [1.29, 1.82) is 0 Å². The topological polar surface area (TPSA) is 71.1 Å². The fraction of sp³-hybridized carbons (Fsp3) is 0.304. The largest absolute Gasteiger partial charge is 0.442 e. The average molecular weight is 425 g/mol. The Labute approximate surface area is 180 Å². The van der Waals surface area contributed by atoms with Gasteiger partial charge >= 0.3 is 6.09 Å². The standard InChI is InChI=1S/C23H24FN3O4/c24-20-14-18(7-8-21(20)26-10-12-30-13-11-26)27-16-19(31-23(27)29)15-25-22(28)9-6-17-4-2-1-3-5-17/h1-9,14,19H,10-13,15-16H2,(H,25,28). The molecule has 0 aliphatic carbocycles. The molecule has 1 unspecified atom stereocenters. The lowest BCUT2D eigenvalue weighted by atomic mass is 10.2. The smallest absolute Gasteiger partial charge is 0.414 e. The number of amides is 2. The third-order valence-electron chi connectivity index (χ3n) is 5.20. The maximum Gasteiger partial charge on any atom is 0.414 e. The number of halogens is 1. The van der Waals surface area contributed by atoms with E-state index >= 15 is 0 Å². The van der Waals surface area contributed by atoms with Gasteiger partial charge in [0.1, 0.15) is 11.9 Å². The van der Waals surface area contributed by atoms with Crippen LogP contribution in [0.1, 0.15) is 5.56 Å². The van der Waals surface area contributed by atoms with Crippen molar-refractivity contribution in [2.75, 3.05) is 49.2 Å². The van der Waals surface area contributed by atoms with Gasteiger partial charge in [-0.25, -0.2) is 9.18 Å². The van der Waals surface area contributed by atoms with Crippen molar-refractivity contribution in [2.24, 2.45) is 0 Å². The number of carbonyl (C=O) groups is 2. The van der Waals surface area contributed by atoms with Gasteiger partial charge in [-0.05, 0) is 29.8 Å². The van der Waals surface area contributed by atoms with Gasteiger partial charge in [-0.2, -0.15) is 0 Å². The van der Waals surface area contributed by atoms with E-state index in [-0.39, 0.29) is 19.0 Å². The number of anilines is 2. The number of morpholine rings is 1. The van der Waals surface area contributed by atoms with Gasteiger partial charge in [0.05, 0.1) is 37.7 Å². The van der Waals surface area contributed by atoms with E-state index in [0.717, 1.165) is 5.56 Å². The fourth-order valence-electron chi connectivity index (χ4n) is 3.57. The number of hydrogen-bond acceptors (Lipinski definition) is 5. The number of rotatable bonds is 6. The van der Waals surface area contributed by atoms with E-state index < -0.39 is 18.0 Å². The third-order valence-corrected chi connectivity index (χ3v) is 5.20. The van der Waals surface area contributed by atoms with Crippen LogP contribution in [-0.2, 0) is 14.3 Å². The Morgan fingerprint density at radius 1 is 1.16 bits per heavy atom. The molecule has 4 rings (SSSR count). The molecule has 2 aliphatic heterocycles. The monoisotopic (exact) mass is 425 g/mol. The van der Waals surface area contributed by atoms with Crippen LogP contribution < -0.4 is 15.1 Å². The molecule has 2 saturated heterocycles. The second-order valence-corrected chi connectivity index (χ2v) is 7.34. The zero-order valence-electron chi connectivity index (χ0n) is 17.0. The van der Waals surface area contributed by atoms with Crippen molar-refractivity contribution in [3.8, 4) is 0 Å². The highest BCUT2D eigenvalue weighted by atomic mass is 19.1. The molecule has 0 spiro atoms.